The number of hydrogen-bond acceptors (Lipinski definition) is 3. The van der Waals surface area contributed by atoms with Crippen molar-refractivity contribution in [3.8, 4) is 5.75 Å². The molecule has 1 atom stereocenters. The molecule has 1 heterocycles. The Labute approximate surface area is 185 Å². The first-order valence-corrected chi connectivity index (χ1v) is 9.24. The van der Waals surface area contributed by atoms with Gasteiger partial charge in [0.25, 0.3) is 0 Å². The van der Waals surface area contributed by atoms with Crippen LogP contribution in [0.5, 0.6) is 5.75 Å². The van der Waals surface area contributed by atoms with E-state index in [1.807, 2.05) is 36.0 Å². The fourth-order valence-electron chi connectivity index (χ4n) is 3.02. The number of aromatic nitrogens is 2. The minimum Gasteiger partial charge on any atom is -0.489 e. The zero-order chi connectivity index (χ0) is 19.8. The lowest BCUT2D eigenvalue weighted by atomic mass is 10.1. The fourth-order valence-corrected chi connectivity index (χ4v) is 3.02. The van der Waals surface area contributed by atoms with Crippen molar-refractivity contribution in [2.45, 2.75) is 39.8 Å². The summed E-state index contributed by atoms with van der Waals surface area (Å²) < 4.78 is 7.65. The smallest absolute Gasteiger partial charge is 0.191 e. The van der Waals surface area contributed by atoms with Crippen molar-refractivity contribution >= 4 is 29.9 Å². The third-order valence-corrected chi connectivity index (χ3v) is 4.55. The normalized spacial score (nSPS) is 12.1. The summed E-state index contributed by atoms with van der Waals surface area (Å²) in [6.07, 6.45) is 2.64. The molecule has 0 aliphatic carbocycles. The number of nitrogens with one attached hydrogen (secondary N) is 2. The van der Waals surface area contributed by atoms with E-state index in [1.165, 1.54) is 11.3 Å². The molecular weight excluding hydrogens is 465 g/mol. The minimum absolute atomic E-state index is 0. The highest BCUT2D eigenvalue weighted by atomic mass is 127. The summed E-state index contributed by atoms with van der Waals surface area (Å²) in [5.74, 6) is 1.62. The largest absolute Gasteiger partial charge is 0.489 e. The van der Waals surface area contributed by atoms with Crippen LogP contribution in [0.15, 0.2) is 41.9 Å². The van der Waals surface area contributed by atoms with Crippen LogP contribution in [0.3, 0.4) is 0 Å². The molecule has 2 rings (SSSR count). The van der Waals surface area contributed by atoms with Gasteiger partial charge in [0.2, 0.25) is 0 Å². The topological polar surface area (TPSA) is 63.5 Å². The van der Waals surface area contributed by atoms with Crippen LogP contribution in [0.1, 0.15) is 29.4 Å². The van der Waals surface area contributed by atoms with Crippen LogP contribution in [0.4, 0.5) is 0 Å². The second-order valence-corrected chi connectivity index (χ2v) is 6.66. The summed E-state index contributed by atoms with van der Waals surface area (Å²) in [5.41, 5.74) is 4.65. The van der Waals surface area contributed by atoms with Crippen LogP contribution >= 0.6 is 24.0 Å². The standard InChI is InChI=1S/C21H31N5O.HI/c1-7-12-27-20-11-9-8-10-18(20)14-23-21(22-5)24-15(2)13-19-16(3)25-26(6)17(19)4;/h7-11,15H,1,12-14H2,2-6H3,(H2,22,23,24);1H. The predicted molar refractivity (Wildman–Crippen MR) is 127 cm³/mol. The van der Waals surface area contributed by atoms with E-state index in [2.05, 4.69) is 48.1 Å². The van der Waals surface area contributed by atoms with Crippen LogP contribution in [-0.2, 0) is 20.0 Å². The van der Waals surface area contributed by atoms with Gasteiger partial charge in [0.1, 0.15) is 12.4 Å². The maximum absolute atomic E-state index is 5.71. The Balaban J connectivity index is 0.00000392. The molecule has 1 unspecified atom stereocenters. The monoisotopic (exact) mass is 497 g/mol. The molecule has 2 aromatic rings. The van der Waals surface area contributed by atoms with Crippen molar-refractivity contribution in [3.05, 3.63) is 59.4 Å². The molecule has 0 bridgehead atoms. The van der Waals surface area contributed by atoms with Gasteiger partial charge in [-0.05, 0) is 38.8 Å². The third kappa shape index (κ3) is 6.54. The van der Waals surface area contributed by atoms with E-state index in [4.69, 9.17) is 4.74 Å². The number of rotatable bonds is 8. The number of ether oxygens (including phenoxy) is 1. The van der Waals surface area contributed by atoms with E-state index in [-0.39, 0.29) is 30.0 Å². The van der Waals surface area contributed by atoms with E-state index < -0.39 is 0 Å². The Morgan fingerprint density at radius 3 is 2.68 bits per heavy atom. The molecule has 0 saturated carbocycles. The molecule has 6 nitrogen and oxygen atoms in total. The zero-order valence-corrected chi connectivity index (χ0v) is 19.8. The van der Waals surface area contributed by atoms with E-state index in [1.54, 1.807) is 13.1 Å². The van der Waals surface area contributed by atoms with Gasteiger partial charge >= 0.3 is 0 Å². The van der Waals surface area contributed by atoms with Gasteiger partial charge in [-0.2, -0.15) is 5.10 Å². The first-order chi connectivity index (χ1) is 13.0. The number of nitrogens with zero attached hydrogens (tertiary/aromatic N) is 3. The zero-order valence-electron chi connectivity index (χ0n) is 17.5. The highest BCUT2D eigenvalue weighted by Gasteiger charge is 2.14. The molecule has 1 aromatic heterocycles. The lowest BCUT2D eigenvalue weighted by Crippen LogP contribution is -2.42. The molecule has 28 heavy (non-hydrogen) atoms. The number of guanidine groups is 1. The summed E-state index contributed by atoms with van der Waals surface area (Å²) in [6.45, 7) is 11.1. The summed E-state index contributed by atoms with van der Waals surface area (Å²) in [6, 6.07) is 8.21. The van der Waals surface area contributed by atoms with Gasteiger partial charge in [-0.1, -0.05) is 30.9 Å². The molecule has 1 aromatic carbocycles. The van der Waals surface area contributed by atoms with Gasteiger partial charge in [0.15, 0.2) is 5.96 Å². The van der Waals surface area contributed by atoms with Crippen LogP contribution < -0.4 is 15.4 Å². The van der Waals surface area contributed by atoms with Crippen molar-refractivity contribution in [1.29, 1.82) is 0 Å². The van der Waals surface area contributed by atoms with E-state index in [0.29, 0.717) is 13.2 Å². The third-order valence-electron chi connectivity index (χ3n) is 4.55. The lowest BCUT2D eigenvalue weighted by molar-refractivity contribution is 0.358. The highest BCUT2D eigenvalue weighted by molar-refractivity contribution is 14.0. The molecule has 0 fully saturated rings. The molecular formula is C21H32IN5O. The van der Waals surface area contributed by atoms with E-state index in [9.17, 15) is 0 Å². The molecule has 0 amide bonds. The molecule has 2 N–H and O–H groups in total. The second-order valence-electron chi connectivity index (χ2n) is 6.66. The SMILES string of the molecule is C=CCOc1ccccc1CNC(=NC)NC(C)Cc1c(C)nn(C)c1C.I. The van der Waals surface area contributed by atoms with Gasteiger partial charge in [-0.3, -0.25) is 9.67 Å². The molecule has 7 heteroatoms. The molecule has 0 spiro atoms. The number of hydrogen-bond donors (Lipinski definition) is 2. The van der Waals surface area contributed by atoms with Crippen molar-refractivity contribution in [2.24, 2.45) is 12.0 Å². The average Bonchev–Trinajstić information content (AvgIpc) is 2.90. The quantitative estimate of drug-likeness (QED) is 0.254. The number of benzene rings is 1. The van der Waals surface area contributed by atoms with Gasteiger partial charge < -0.3 is 15.4 Å². The van der Waals surface area contributed by atoms with Gasteiger partial charge in [-0.15, -0.1) is 24.0 Å². The lowest BCUT2D eigenvalue weighted by Gasteiger charge is -2.19. The van der Waals surface area contributed by atoms with E-state index >= 15 is 0 Å². The fraction of sp³-hybridized carbons (Fsp3) is 0.429. The van der Waals surface area contributed by atoms with Crippen molar-refractivity contribution in [3.63, 3.8) is 0 Å². The Morgan fingerprint density at radius 1 is 1.36 bits per heavy atom. The number of halogens is 1. The number of para-hydroxylation sites is 1. The Kier molecular flexibility index (Phi) is 10.1. The molecule has 0 aliphatic rings. The van der Waals surface area contributed by atoms with Gasteiger partial charge in [0, 0.05) is 37.9 Å². The highest BCUT2D eigenvalue weighted by Crippen LogP contribution is 2.18. The second kappa shape index (κ2) is 11.7. The number of aryl methyl sites for hydroxylation is 2. The van der Waals surface area contributed by atoms with Gasteiger partial charge in [0.05, 0.1) is 5.69 Å². The molecule has 0 aliphatic heterocycles. The molecule has 0 radical (unpaired) electrons. The van der Waals surface area contributed by atoms with Crippen LogP contribution in [0.25, 0.3) is 0 Å². The minimum atomic E-state index is 0. The maximum atomic E-state index is 5.71. The molecule has 154 valence electrons. The summed E-state index contributed by atoms with van der Waals surface area (Å²) >= 11 is 0. The van der Waals surface area contributed by atoms with Crippen LogP contribution in [-0.4, -0.2) is 35.4 Å². The Bertz CT molecular complexity index is 800. The van der Waals surface area contributed by atoms with Crippen molar-refractivity contribution in [2.75, 3.05) is 13.7 Å². The van der Waals surface area contributed by atoms with Crippen LogP contribution in [0, 0.1) is 13.8 Å². The number of aliphatic imine (C=N–C) groups is 1. The van der Waals surface area contributed by atoms with Crippen molar-refractivity contribution in [1.82, 2.24) is 20.4 Å². The summed E-state index contributed by atoms with van der Waals surface area (Å²) in [7, 11) is 3.76. The van der Waals surface area contributed by atoms with Crippen LogP contribution in [0.2, 0.25) is 0 Å². The first kappa shape index (κ1) is 24.0. The summed E-state index contributed by atoms with van der Waals surface area (Å²) in [5, 5.41) is 11.3. The Hall–Kier alpha value is -2.03. The summed E-state index contributed by atoms with van der Waals surface area (Å²) in [4.78, 5) is 4.34. The van der Waals surface area contributed by atoms with Gasteiger partial charge in [-0.25, -0.2) is 0 Å². The molecule has 0 saturated heterocycles. The predicted octanol–water partition coefficient (Wildman–Crippen LogP) is 3.52. The first-order valence-electron chi connectivity index (χ1n) is 9.24. The average molecular weight is 497 g/mol. The maximum Gasteiger partial charge on any atom is 0.191 e. The Morgan fingerprint density at radius 2 is 2.07 bits per heavy atom. The van der Waals surface area contributed by atoms with E-state index in [0.717, 1.165) is 29.4 Å². The van der Waals surface area contributed by atoms with Crippen molar-refractivity contribution < 1.29 is 4.74 Å².